The molecule has 2 aromatic carbocycles. The summed E-state index contributed by atoms with van der Waals surface area (Å²) in [6.45, 7) is 5.74. The van der Waals surface area contributed by atoms with E-state index in [1.807, 2.05) is 63.4 Å². The lowest BCUT2D eigenvalue weighted by Crippen LogP contribution is -2.49. The van der Waals surface area contributed by atoms with E-state index in [4.69, 9.17) is 0 Å². The van der Waals surface area contributed by atoms with Crippen molar-refractivity contribution < 1.29 is 8.42 Å². The predicted molar refractivity (Wildman–Crippen MR) is 96.5 cm³/mol. The fraction of sp³-hybridized carbons (Fsp3) is 0.368. The molecule has 1 atom stereocenters. The summed E-state index contributed by atoms with van der Waals surface area (Å²) < 4.78 is 28.4. The van der Waals surface area contributed by atoms with Crippen molar-refractivity contribution in [2.45, 2.75) is 24.8 Å². The van der Waals surface area contributed by atoms with Crippen LogP contribution < -0.4 is 0 Å². The van der Waals surface area contributed by atoms with E-state index in [0.717, 1.165) is 23.2 Å². The van der Waals surface area contributed by atoms with Crippen molar-refractivity contribution in [2.75, 3.05) is 26.7 Å². The van der Waals surface area contributed by atoms with E-state index in [2.05, 4.69) is 4.90 Å². The van der Waals surface area contributed by atoms with Gasteiger partial charge in [0.15, 0.2) is 0 Å². The van der Waals surface area contributed by atoms with E-state index in [-0.39, 0.29) is 6.04 Å². The number of rotatable bonds is 3. The number of hydrogen-bond acceptors (Lipinski definition) is 3. The monoisotopic (exact) mass is 344 g/mol. The molecule has 1 heterocycles. The molecule has 0 saturated carbocycles. The van der Waals surface area contributed by atoms with E-state index in [1.54, 1.807) is 10.4 Å². The Kier molecular flexibility index (Phi) is 4.76. The van der Waals surface area contributed by atoms with Crippen molar-refractivity contribution in [1.82, 2.24) is 9.21 Å². The van der Waals surface area contributed by atoms with Crippen LogP contribution in [0.5, 0.6) is 0 Å². The fourth-order valence-electron chi connectivity index (χ4n) is 3.25. The van der Waals surface area contributed by atoms with Crippen molar-refractivity contribution in [2.24, 2.45) is 0 Å². The molecular formula is C19H24N2O2S. The number of nitrogens with zero attached hydrogens (tertiary/aromatic N) is 2. The van der Waals surface area contributed by atoms with Gasteiger partial charge in [-0.1, -0.05) is 42.5 Å². The topological polar surface area (TPSA) is 40.6 Å². The van der Waals surface area contributed by atoms with E-state index >= 15 is 0 Å². The molecule has 1 aliphatic rings. The maximum Gasteiger partial charge on any atom is 0.243 e. The summed E-state index contributed by atoms with van der Waals surface area (Å²) in [7, 11) is -1.49. The van der Waals surface area contributed by atoms with Gasteiger partial charge in [-0.2, -0.15) is 4.31 Å². The average molecular weight is 344 g/mol. The van der Waals surface area contributed by atoms with Crippen LogP contribution in [-0.4, -0.2) is 44.3 Å². The lowest BCUT2D eigenvalue weighted by Gasteiger charge is -2.39. The summed E-state index contributed by atoms with van der Waals surface area (Å²) in [5.74, 6) is 0. The molecule has 0 aromatic heterocycles. The highest BCUT2D eigenvalue weighted by atomic mass is 32.2. The SMILES string of the molecule is Cc1ccc(C)c(S(=O)(=O)N2CCN(C)C[C@@H]2c2ccccc2)c1. The number of likely N-dealkylation sites (N-methyl/N-ethyl adjacent to an activating group) is 1. The number of benzene rings is 2. The first-order valence-corrected chi connectivity index (χ1v) is 9.66. The quantitative estimate of drug-likeness (QED) is 0.859. The highest BCUT2D eigenvalue weighted by Gasteiger charge is 2.36. The molecule has 1 aliphatic heterocycles. The Balaban J connectivity index is 2.05. The fourth-order valence-corrected chi connectivity index (χ4v) is 5.16. The smallest absolute Gasteiger partial charge is 0.243 e. The summed E-state index contributed by atoms with van der Waals surface area (Å²) in [6, 6.07) is 15.4. The number of sulfonamides is 1. The van der Waals surface area contributed by atoms with Crippen molar-refractivity contribution in [1.29, 1.82) is 0 Å². The van der Waals surface area contributed by atoms with Gasteiger partial charge >= 0.3 is 0 Å². The molecule has 0 unspecified atom stereocenters. The molecule has 0 aliphatic carbocycles. The molecule has 3 rings (SSSR count). The molecule has 128 valence electrons. The average Bonchev–Trinajstić information content (AvgIpc) is 2.57. The molecule has 0 radical (unpaired) electrons. The highest BCUT2D eigenvalue weighted by molar-refractivity contribution is 7.89. The van der Waals surface area contributed by atoms with E-state index in [9.17, 15) is 8.42 Å². The van der Waals surface area contributed by atoms with Gasteiger partial charge in [0.2, 0.25) is 10.0 Å². The lowest BCUT2D eigenvalue weighted by molar-refractivity contribution is 0.160. The number of hydrogen-bond donors (Lipinski definition) is 0. The van der Waals surface area contributed by atoms with Gasteiger partial charge in [0.1, 0.15) is 0 Å². The number of aryl methyl sites for hydroxylation is 2. The molecule has 5 heteroatoms. The second kappa shape index (κ2) is 6.67. The Labute approximate surface area is 144 Å². The molecule has 0 bridgehead atoms. The third-order valence-corrected chi connectivity index (χ3v) is 6.70. The molecule has 0 amide bonds. The van der Waals surface area contributed by atoms with E-state index in [0.29, 0.717) is 18.0 Å². The van der Waals surface area contributed by atoms with Crippen LogP contribution in [0.4, 0.5) is 0 Å². The molecule has 2 aromatic rings. The van der Waals surface area contributed by atoms with Crippen LogP contribution in [0.15, 0.2) is 53.4 Å². The van der Waals surface area contributed by atoms with Crippen LogP contribution >= 0.6 is 0 Å². The zero-order chi connectivity index (χ0) is 17.3. The molecule has 0 spiro atoms. The van der Waals surface area contributed by atoms with Crippen molar-refractivity contribution >= 4 is 10.0 Å². The second-order valence-corrected chi connectivity index (χ2v) is 8.43. The van der Waals surface area contributed by atoms with Crippen molar-refractivity contribution in [3.05, 3.63) is 65.2 Å². The minimum Gasteiger partial charge on any atom is -0.303 e. The van der Waals surface area contributed by atoms with Crippen LogP contribution in [-0.2, 0) is 10.0 Å². The molecule has 1 fully saturated rings. The van der Waals surface area contributed by atoms with Gasteiger partial charge in [0.05, 0.1) is 10.9 Å². The Morgan fingerprint density at radius 2 is 1.71 bits per heavy atom. The van der Waals surface area contributed by atoms with Gasteiger partial charge in [0.25, 0.3) is 0 Å². The van der Waals surface area contributed by atoms with Gasteiger partial charge in [-0.25, -0.2) is 8.42 Å². The van der Waals surface area contributed by atoms with Crippen molar-refractivity contribution in [3.63, 3.8) is 0 Å². The summed E-state index contributed by atoms with van der Waals surface area (Å²) in [5.41, 5.74) is 2.80. The van der Waals surface area contributed by atoms with Crippen LogP contribution in [0.1, 0.15) is 22.7 Å². The third-order valence-electron chi connectivity index (χ3n) is 4.65. The van der Waals surface area contributed by atoms with Crippen LogP contribution in [0.2, 0.25) is 0 Å². The Morgan fingerprint density at radius 1 is 1.00 bits per heavy atom. The molecular weight excluding hydrogens is 320 g/mol. The maximum atomic E-state index is 13.4. The van der Waals surface area contributed by atoms with Crippen molar-refractivity contribution in [3.8, 4) is 0 Å². The van der Waals surface area contributed by atoms with Crippen LogP contribution in [0, 0.1) is 13.8 Å². The standard InChI is InChI=1S/C19H24N2O2S/c1-15-9-10-16(2)19(13-15)24(22,23)21-12-11-20(3)14-18(21)17-7-5-4-6-8-17/h4-10,13,18H,11-12,14H2,1-3H3/t18-/m1/s1. The lowest BCUT2D eigenvalue weighted by atomic mass is 10.1. The highest BCUT2D eigenvalue weighted by Crippen LogP contribution is 2.32. The van der Waals surface area contributed by atoms with E-state index in [1.165, 1.54) is 0 Å². The first kappa shape index (κ1) is 17.1. The molecule has 4 nitrogen and oxygen atoms in total. The first-order chi connectivity index (χ1) is 11.4. The summed E-state index contributed by atoms with van der Waals surface area (Å²) in [6.07, 6.45) is 0. The molecule has 0 N–H and O–H groups in total. The van der Waals surface area contributed by atoms with Crippen LogP contribution in [0.3, 0.4) is 0 Å². The maximum absolute atomic E-state index is 13.4. The number of piperazine rings is 1. The Hall–Kier alpha value is -1.69. The minimum absolute atomic E-state index is 0.158. The largest absolute Gasteiger partial charge is 0.303 e. The zero-order valence-electron chi connectivity index (χ0n) is 14.4. The van der Waals surface area contributed by atoms with Gasteiger partial charge in [-0.05, 0) is 43.7 Å². The van der Waals surface area contributed by atoms with Crippen LogP contribution in [0.25, 0.3) is 0 Å². The zero-order valence-corrected chi connectivity index (χ0v) is 15.3. The molecule has 24 heavy (non-hydrogen) atoms. The summed E-state index contributed by atoms with van der Waals surface area (Å²) >= 11 is 0. The summed E-state index contributed by atoms with van der Waals surface area (Å²) in [5, 5.41) is 0. The van der Waals surface area contributed by atoms with Gasteiger partial charge in [0, 0.05) is 19.6 Å². The minimum atomic E-state index is -3.53. The van der Waals surface area contributed by atoms with Gasteiger partial charge in [-0.15, -0.1) is 0 Å². The Bertz CT molecular complexity index is 819. The van der Waals surface area contributed by atoms with Gasteiger partial charge < -0.3 is 4.90 Å². The third kappa shape index (κ3) is 3.24. The van der Waals surface area contributed by atoms with Gasteiger partial charge in [-0.3, -0.25) is 0 Å². The Morgan fingerprint density at radius 3 is 2.42 bits per heavy atom. The second-order valence-electron chi connectivity index (χ2n) is 6.57. The first-order valence-electron chi connectivity index (χ1n) is 8.22. The van der Waals surface area contributed by atoms with E-state index < -0.39 is 10.0 Å². The normalized spacial score (nSPS) is 20.2. The predicted octanol–water partition coefficient (Wildman–Crippen LogP) is 2.98. The molecule has 1 saturated heterocycles. The summed E-state index contributed by atoms with van der Waals surface area (Å²) in [4.78, 5) is 2.61.